The first-order valence-corrected chi connectivity index (χ1v) is 6.59. The van der Waals surface area contributed by atoms with Crippen LogP contribution >= 0.6 is 0 Å². The van der Waals surface area contributed by atoms with Crippen LogP contribution in [0.4, 0.5) is 11.5 Å². The highest BCUT2D eigenvalue weighted by Crippen LogP contribution is 2.24. The fraction of sp³-hybridized carbons (Fsp3) is 0.231. The van der Waals surface area contributed by atoms with E-state index in [0.717, 1.165) is 0 Å². The van der Waals surface area contributed by atoms with Crippen LogP contribution in [-0.2, 0) is 0 Å². The summed E-state index contributed by atoms with van der Waals surface area (Å²) in [7, 11) is 1.42. The smallest absolute Gasteiger partial charge is 0.272 e. The summed E-state index contributed by atoms with van der Waals surface area (Å²) < 4.78 is 10.2. The Hall–Kier alpha value is -3.14. The number of anilines is 2. The largest absolute Gasteiger partial charge is 0.488 e. The van der Waals surface area contributed by atoms with Gasteiger partial charge in [-0.15, -0.1) is 0 Å². The molecule has 0 fully saturated rings. The van der Waals surface area contributed by atoms with Crippen molar-refractivity contribution in [2.75, 3.05) is 19.0 Å². The lowest BCUT2D eigenvalue weighted by molar-refractivity contribution is 0.335. The third-order valence-corrected chi connectivity index (χ3v) is 2.96. The number of hydrazone groups is 1. The van der Waals surface area contributed by atoms with Crippen LogP contribution in [0, 0.1) is 0 Å². The Kier molecular flexibility index (Phi) is 4.76. The Morgan fingerprint density at radius 2 is 2.09 bits per heavy atom. The molecule has 0 unspecified atom stereocenters. The van der Waals surface area contributed by atoms with Crippen molar-refractivity contribution in [3.05, 3.63) is 38.1 Å². The Morgan fingerprint density at radius 3 is 2.65 bits per heavy atom. The number of methoxy groups -OCH3 is 1. The van der Waals surface area contributed by atoms with Gasteiger partial charge in [0.15, 0.2) is 11.6 Å². The van der Waals surface area contributed by atoms with Crippen LogP contribution in [-0.4, -0.2) is 24.5 Å². The summed E-state index contributed by atoms with van der Waals surface area (Å²) in [6.45, 7) is 1.97. The molecule has 0 aliphatic heterocycles. The summed E-state index contributed by atoms with van der Waals surface area (Å²) in [5, 5.41) is 6.23. The molecule has 1 heterocycles. The molecule has 0 aliphatic rings. The lowest BCUT2D eigenvalue weighted by Gasteiger charge is -2.14. The summed E-state index contributed by atoms with van der Waals surface area (Å²) in [5.74, 6) is 11.2. The lowest BCUT2D eigenvalue weighted by atomic mass is 10.2. The van der Waals surface area contributed by atoms with E-state index >= 15 is 0 Å². The first kappa shape index (κ1) is 16.2. The molecule has 0 radical (unpaired) electrons. The zero-order chi connectivity index (χ0) is 17.0. The van der Waals surface area contributed by atoms with Crippen molar-refractivity contribution in [3.8, 4) is 11.6 Å². The molecule has 0 atom stereocenters. The number of aromatic nitrogens is 1. The van der Waals surface area contributed by atoms with Crippen molar-refractivity contribution in [1.82, 2.24) is 10.4 Å². The van der Waals surface area contributed by atoms with E-state index in [-0.39, 0.29) is 35.6 Å². The van der Waals surface area contributed by atoms with E-state index in [0.29, 0.717) is 5.56 Å². The van der Waals surface area contributed by atoms with Gasteiger partial charge >= 0.3 is 0 Å². The number of nitrogens with zero attached hydrogens (tertiary/aromatic N) is 2. The summed E-state index contributed by atoms with van der Waals surface area (Å²) in [4.78, 5) is 27.2. The van der Waals surface area contributed by atoms with Crippen molar-refractivity contribution >= 4 is 17.3 Å². The van der Waals surface area contributed by atoms with Crippen LogP contribution in [0.3, 0.4) is 0 Å². The SMILES string of the molecule is CCOc1c(Nc2cc(/C(=N/N)NN)cc(OC)n2)c(=O)c1=O. The number of amidine groups is 1. The Labute approximate surface area is 130 Å². The van der Waals surface area contributed by atoms with E-state index < -0.39 is 10.9 Å². The van der Waals surface area contributed by atoms with Gasteiger partial charge in [0.05, 0.1) is 13.7 Å². The molecule has 10 nitrogen and oxygen atoms in total. The highest BCUT2D eigenvalue weighted by atomic mass is 16.5. The minimum absolute atomic E-state index is 0.0201. The minimum Gasteiger partial charge on any atom is -0.488 e. The molecule has 0 bridgehead atoms. The number of nitrogens with one attached hydrogen (secondary N) is 2. The van der Waals surface area contributed by atoms with E-state index in [4.69, 9.17) is 21.2 Å². The normalized spacial score (nSPS) is 11.3. The second-order valence-electron chi connectivity index (χ2n) is 4.33. The summed E-state index contributed by atoms with van der Waals surface area (Å²) in [5.41, 5.74) is 1.49. The first-order chi connectivity index (χ1) is 11.0. The van der Waals surface area contributed by atoms with Crippen molar-refractivity contribution in [3.63, 3.8) is 0 Å². The van der Waals surface area contributed by atoms with Crippen LogP contribution < -0.4 is 42.8 Å². The third kappa shape index (κ3) is 3.06. The Bertz CT molecular complexity index is 809. The van der Waals surface area contributed by atoms with Crippen molar-refractivity contribution in [1.29, 1.82) is 0 Å². The quantitative estimate of drug-likeness (QED) is 0.171. The van der Waals surface area contributed by atoms with Crippen LogP contribution in [0.1, 0.15) is 12.5 Å². The molecular weight excluding hydrogens is 304 g/mol. The molecule has 0 aliphatic carbocycles. The molecule has 1 aromatic carbocycles. The maximum Gasteiger partial charge on any atom is 0.272 e. The summed E-state index contributed by atoms with van der Waals surface area (Å²) in [6, 6.07) is 3.07. The van der Waals surface area contributed by atoms with E-state index in [2.05, 4.69) is 20.8 Å². The van der Waals surface area contributed by atoms with E-state index in [1.807, 2.05) is 0 Å². The number of pyridine rings is 1. The molecule has 10 heteroatoms. The van der Waals surface area contributed by atoms with Crippen LogP contribution in [0.15, 0.2) is 26.8 Å². The van der Waals surface area contributed by atoms with Gasteiger partial charge in [0.1, 0.15) is 11.5 Å². The molecule has 1 aromatic heterocycles. The first-order valence-electron chi connectivity index (χ1n) is 6.59. The van der Waals surface area contributed by atoms with Crippen molar-refractivity contribution in [2.45, 2.75) is 6.92 Å². The molecule has 122 valence electrons. The number of hydrazine groups is 1. The topological polar surface area (TPSA) is 154 Å². The summed E-state index contributed by atoms with van der Waals surface area (Å²) in [6.07, 6.45) is 0. The molecular formula is C13H16N6O4. The number of rotatable bonds is 6. The van der Waals surface area contributed by atoms with Crippen LogP contribution in [0.2, 0.25) is 0 Å². The number of hydrogen-bond donors (Lipinski definition) is 4. The third-order valence-electron chi connectivity index (χ3n) is 2.96. The van der Waals surface area contributed by atoms with Crippen molar-refractivity contribution < 1.29 is 9.47 Å². The van der Waals surface area contributed by atoms with Crippen LogP contribution in [0.5, 0.6) is 11.6 Å². The van der Waals surface area contributed by atoms with E-state index in [1.54, 1.807) is 13.0 Å². The Balaban J connectivity index is 2.41. The van der Waals surface area contributed by atoms with Gasteiger partial charge in [-0.3, -0.25) is 9.59 Å². The second kappa shape index (κ2) is 6.75. The van der Waals surface area contributed by atoms with Gasteiger partial charge in [-0.05, 0) is 13.0 Å². The zero-order valence-electron chi connectivity index (χ0n) is 12.5. The monoisotopic (exact) mass is 320 g/mol. The van der Waals surface area contributed by atoms with Gasteiger partial charge in [-0.1, -0.05) is 0 Å². The summed E-state index contributed by atoms with van der Waals surface area (Å²) >= 11 is 0. The average molecular weight is 320 g/mol. The molecule has 23 heavy (non-hydrogen) atoms. The van der Waals surface area contributed by atoms with Gasteiger partial charge < -0.3 is 26.1 Å². The lowest BCUT2D eigenvalue weighted by Crippen LogP contribution is -2.35. The highest BCUT2D eigenvalue weighted by molar-refractivity contribution is 5.99. The predicted octanol–water partition coefficient (Wildman–Crippen LogP) is -1.09. The maximum atomic E-state index is 11.7. The molecule has 6 N–H and O–H groups in total. The molecule has 0 saturated heterocycles. The van der Waals surface area contributed by atoms with Crippen molar-refractivity contribution in [2.24, 2.45) is 16.8 Å². The van der Waals surface area contributed by atoms with E-state index in [9.17, 15) is 9.59 Å². The van der Waals surface area contributed by atoms with Crippen LogP contribution in [0.25, 0.3) is 0 Å². The number of nitrogens with two attached hydrogens (primary N) is 2. The van der Waals surface area contributed by atoms with Gasteiger partial charge in [0, 0.05) is 11.6 Å². The fourth-order valence-electron chi connectivity index (χ4n) is 1.90. The molecule has 0 saturated carbocycles. The van der Waals surface area contributed by atoms with Gasteiger partial charge in [-0.2, -0.15) is 10.1 Å². The van der Waals surface area contributed by atoms with Gasteiger partial charge in [-0.25, -0.2) is 5.84 Å². The van der Waals surface area contributed by atoms with E-state index in [1.165, 1.54) is 13.2 Å². The molecule has 0 spiro atoms. The molecule has 2 aromatic rings. The highest BCUT2D eigenvalue weighted by Gasteiger charge is 2.23. The number of hydrogen-bond acceptors (Lipinski definition) is 9. The zero-order valence-corrected chi connectivity index (χ0v) is 12.5. The number of ether oxygens (including phenoxy) is 2. The maximum absolute atomic E-state index is 11.7. The molecule has 0 amide bonds. The van der Waals surface area contributed by atoms with Gasteiger partial charge in [0.25, 0.3) is 10.9 Å². The fourth-order valence-corrected chi connectivity index (χ4v) is 1.90. The van der Waals surface area contributed by atoms with Gasteiger partial charge in [0.2, 0.25) is 5.88 Å². The average Bonchev–Trinajstić information content (AvgIpc) is 2.58. The Morgan fingerprint density at radius 1 is 1.35 bits per heavy atom. The molecule has 2 rings (SSSR count). The minimum atomic E-state index is -0.677. The second-order valence-corrected chi connectivity index (χ2v) is 4.33. The predicted molar refractivity (Wildman–Crippen MR) is 84.6 cm³/mol. The standard InChI is InChI=1S/C13H16N6O4/c1-3-23-12-9(10(20)11(12)21)17-7-4-6(13(18-14)19-15)5-8(16-7)22-2/h4-5H,3,14-15H2,1-2H3,(H,16,17)(H,18,19).